The summed E-state index contributed by atoms with van der Waals surface area (Å²) < 4.78 is 28.3. The summed E-state index contributed by atoms with van der Waals surface area (Å²) in [5, 5.41) is 8.92. The van der Waals surface area contributed by atoms with Gasteiger partial charge in [0.25, 0.3) is 0 Å². The van der Waals surface area contributed by atoms with Gasteiger partial charge in [-0.25, -0.2) is 0 Å². The fourth-order valence-corrected chi connectivity index (χ4v) is 2.37. The Kier molecular flexibility index (Phi) is 6.84. The van der Waals surface area contributed by atoms with E-state index in [-0.39, 0.29) is 24.1 Å². The molecule has 1 saturated heterocycles. The van der Waals surface area contributed by atoms with Crippen LogP contribution in [0.2, 0.25) is 0 Å². The Labute approximate surface area is 128 Å². The lowest BCUT2D eigenvalue weighted by Crippen LogP contribution is -2.35. The smallest absolute Gasteiger partial charge is 0.387 e. The molecule has 0 amide bonds. The number of piperidine rings is 1. The average molecular weight is 322 g/mol. The standard InChI is InChI=1S/C14H17F2NO3.ClH/c15-14(16)20-12-3-1-10(2-4-12)9-17-7-5-11(6-8-17)13(18)19;/h1-4,11,14H,5-9H2,(H,18,19);1H. The van der Waals surface area contributed by atoms with E-state index < -0.39 is 12.6 Å². The molecule has 0 aliphatic carbocycles. The quantitative estimate of drug-likeness (QED) is 0.905. The largest absolute Gasteiger partial charge is 0.481 e. The fourth-order valence-electron chi connectivity index (χ4n) is 2.37. The maximum absolute atomic E-state index is 12.0. The van der Waals surface area contributed by atoms with E-state index in [0.717, 1.165) is 18.7 Å². The molecule has 1 aromatic rings. The van der Waals surface area contributed by atoms with Crippen LogP contribution in [0, 0.1) is 5.92 Å². The molecule has 1 aliphatic rings. The Morgan fingerprint density at radius 1 is 1.29 bits per heavy atom. The number of carboxylic acid groups (broad SMARTS) is 1. The van der Waals surface area contributed by atoms with Crippen LogP contribution >= 0.6 is 12.4 Å². The second-order valence-electron chi connectivity index (χ2n) is 4.91. The topological polar surface area (TPSA) is 49.8 Å². The van der Waals surface area contributed by atoms with E-state index in [1.807, 2.05) is 0 Å². The second-order valence-corrected chi connectivity index (χ2v) is 4.91. The van der Waals surface area contributed by atoms with Crippen LogP contribution in [0.15, 0.2) is 24.3 Å². The Morgan fingerprint density at radius 2 is 1.86 bits per heavy atom. The molecule has 1 heterocycles. The summed E-state index contributed by atoms with van der Waals surface area (Å²) in [4.78, 5) is 13.0. The Balaban J connectivity index is 0.00000220. The third-order valence-electron chi connectivity index (χ3n) is 3.49. The van der Waals surface area contributed by atoms with E-state index in [0.29, 0.717) is 19.4 Å². The van der Waals surface area contributed by atoms with Crippen molar-refractivity contribution in [1.29, 1.82) is 0 Å². The highest BCUT2D eigenvalue weighted by molar-refractivity contribution is 5.85. The van der Waals surface area contributed by atoms with Gasteiger partial charge in [0.15, 0.2) is 0 Å². The van der Waals surface area contributed by atoms with Gasteiger partial charge in [-0.15, -0.1) is 12.4 Å². The summed E-state index contributed by atoms with van der Waals surface area (Å²) in [6.07, 6.45) is 1.31. The van der Waals surface area contributed by atoms with Crippen molar-refractivity contribution < 1.29 is 23.4 Å². The number of aliphatic carboxylic acids is 1. The second kappa shape index (κ2) is 8.14. The molecule has 2 rings (SSSR count). The van der Waals surface area contributed by atoms with E-state index in [4.69, 9.17) is 5.11 Å². The summed E-state index contributed by atoms with van der Waals surface area (Å²) in [6, 6.07) is 6.54. The molecule has 0 bridgehead atoms. The lowest BCUT2D eigenvalue weighted by Gasteiger charge is -2.30. The molecule has 0 unspecified atom stereocenters. The maximum Gasteiger partial charge on any atom is 0.387 e. The third-order valence-corrected chi connectivity index (χ3v) is 3.49. The molecule has 1 fully saturated rings. The van der Waals surface area contributed by atoms with Crippen LogP contribution in [-0.2, 0) is 11.3 Å². The van der Waals surface area contributed by atoms with Gasteiger partial charge in [0.1, 0.15) is 5.75 Å². The Bertz CT molecular complexity index is 448. The molecule has 1 aromatic carbocycles. The minimum absolute atomic E-state index is 0. The number of hydrogen-bond donors (Lipinski definition) is 1. The molecule has 7 heteroatoms. The van der Waals surface area contributed by atoms with E-state index in [9.17, 15) is 13.6 Å². The van der Waals surface area contributed by atoms with Crippen molar-refractivity contribution in [3.8, 4) is 5.75 Å². The highest BCUT2D eigenvalue weighted by Gasteiger charge is 2.24. The number of rotatable bonds is 5. The number of likely N-dealkylation sites (tertiary alicyclic amines) is 1. The number of alkyl halides is 2. The van der Waals surface area contributed by atoms with E-state index >= 15 is 0 Å². The van der Waals surface area contributed by atoms with Crippen LogP contribution in [0.25, 0.3) is 0 Å². The van der Waals surface area contributed by atoms with Crippen molar-refractivity contribution in [2.24, 2.45) is 5.92 Å². The van der Waals surface area contributed by atoms with Gasteiger partial charge >= 0.3 is 12.6 Å². The van der Waals surface area contributed by atoms with Gasteiger partial charge in [-0.05, 0) is 43.6 Å². The third kappa shape index (κ3) is 5.47. The molecule has 0 atom stereocenters. The van der Waals surface area contributed by atoms with Crippen LogP contribution in [0.3, 0.4) is 0 Å². The number of hydrogen-bond acceptors (Lipinski definition) is 3. The molecule has 0 spiro atoms. The summed E-state index contributed by atoms with van der Waals surface area (Å²) in [5.41, 5.74) is 1.00. The fraction of sp³-hybridized carbons (Fsp3) is 0.500. The van der Waals surface area contributed by atoms with E-state index in [1.54, 1.807) is 12.1 Å². The molecule has 4 nitrogen and oxygen atoms in total. The van der Waals surface area contributed by atoms with Crippen molar-refractivity contribution in [2.45, 2.75) is 26.0 Å². The summed E-state index contributed by atoms with van der Waals surface area (Å²) in [6.45, 7) is -0.629. The van der Waals surface area contributed by atoms with Gasteiger partial charge in [-0.1, -0.05) is 12.1 Å². The lowest BCUT2D eigenvalue weighted by atomic mass is 9.97. The molecular weight excluding hydrogens is 304 g/mol. The van der Waals surface area contributed by atoms with Crippen LogP contribution < -0.4 is 4.74 Å². The van der Waals surface area contributed by atoms with Crippen LogP contribution in [0.1, 0.15) is 18.4 Å². The minimum atomic E-state index is -2.81. The highest BCUT2D eigenvalue weighted by atomic mass is 35.5. The highest BCUT2D eigenvalue weighted by Crippen LogP contribution is 2.20. The molecule has 0 radical (unpaired) electrons. The van der Waals surface area contributed by atoms with Gasteiger partial charge in [0.05, 0.1) is 5.92 Å². The first-order valence-electron chi connectivity index (χ1n) is 6.53. The van der Waals surface area contributed by atoms with Crippen molar-refractivity contribution in [3.05, 3.63) is 29.8 Å². The van der Waals surface area contributed by atoms with Crippen LogP contribution in [0.4, 0.5) is 8.78 Å². The number of ether oxygens (including phenoxy) is 1. The zero-order valence-electron chi connectivity index (χ0n) is 11.4. The van der Waals surface area contributed by atoms with Gasteiger partial charge in [-0.3, -0.25) is 9.69 Å². The molecule has 0 aromatic heterocycles. The molecule has 1 N–H and O–H groups in total. The number of nitrogens with zero attached hydrogens (tertiary/aromatic N) is 1. The first-order valence-corrected chi connectivity index (χ1v) is 6.53. The van der Waals surface area contributed by atoms with Crippen LogP contribution in [0.5, 0.6) is 5.75 Å². The van der Waals surface area contributed by atoms with Gasteiger partial charge < -0.3 is 9.84 Å². The molecule has 1 aliphatic heterocycles. The molecule has 0 saturated carbocycles. The van der Waals surface area contributed by atoms with Gasteiger partial charge in [0, 0.05) is 6.54 Å². The molecule has 21 heavy (non-hydrogen) atoms. The van der Waals surface area contributed by atoms with E-state index in [2.05, 4.69) is 9.64 Å². The maximum atomic E-state index is 12.0. The number of halogens is 3. The van der Waals surface area contributed by atoms with Crippen molar-refractivity contribution in [3.63, 3.8) is 0 Å². The lowest BCUT2D eigenvalue weighted by molar-refractivity contribution is -0.143. The van der Waals surface area contributed by atoms with Crippen molar-refractivity contribution in [1.82, 2.24) is 4.90 Å². The average Bonchev–Trinajstić information content (AvgIpc) is 2.41. The zero-order chi connectivity index (χ0) is 14.5. The summed E-state index contributed by atoms with van der Waals surface area (Å²) in [7, 11) is 0. The monoisotopic (exact) mass is 321 g/mol. The van der Waals surface area contributed by atoms with Crippen molar-refractivity contribution >= 4 is 18.4 Å². The summed E-state index contributed by atoms with van der Waals surface area (Å²) >= 11 is 0. The SMILES string of the molecule is Cl.O=C(O)C1CCN(Cc2ccc(OC(F)F)cc2)CC1. The molecular formula is C14H18ClF2NO3. The zero-order valence-corrected chi connectivity index (χ0v) is 12.2. The predicted octanol–water partition coefficient (Wildman–Crippen LogP) is 3.01. The minimum Gasteiger partial charge on any atom is -0.481 e. The number of benzene rings is 1. The Morgan fingerprint density at radius 3 is 2.33 bits per heavy atom. The number of carbonyl (C=O) groups is 1. The summed E-state index contributed by atoms with van der Waals surface area (Å²) in [5.74, 6) is -0.820. The van der Waals surface area contributed by atoms with Crippen molar-refractivity contribution in [2.75, 3.05) is 13.1 Å². The van der Waals surface area contributed by atoms with Gasteiger partial charge in [-0.2, -0.15) is 8.78 Å². The van der Waals surface area contributed by atoms with Crippen LogP contribution in [-0.4, -0.2) is 35.7 Å². The van der Waals surface area contributed by atoms with E-state index in [1.165, 1.54) is 12.1 Å². The molecule has 118 valence electrons. The van der Waals surface area contributed by atoms with Gasteiger partial charge in [0.2, 0.25) is 0 Å². The predicted molar refractivity (Wildman–Crippen MR) is 76.0 cm³/mol. The number of carboxylic acids is 1. The Hall–Kier alpha value is -1.40. The first kappa shape index (κ1) is 17.7. The first-order chi connectivity index (χ1) is 9.54. The normalized spacial score (nSPS) is 16.5.